The third kappa shape index (κ3) is 1.28. The molecule has 3 heterocycles. The van der Waals surface area contributed by atoms with Gasteiger partial charge in [0.25, 0.3) is 5.56 Å². The van der Waals surface area contributed by atoms with Gasteiger partial charge in [-0.05, 0) is 18.3 Å². The number of rotatable bonds is 1. The molecule has 0 spiro atoms. The number of hydrogen-bond donors (Lipinski definition) is 2. The minimum atomic E-state index is -0.614. The predicted octanol–water partition coefficient (Wildman–Crippen LogP) is 0.431. The van der Waals surface area contributed by atoms with E-state index >= 15 is 0 Å². The summed E-state index contributed by atoms with van der Waals surface area (Å²) < 4.78 is 7.40. The molecule has 2 aromatic rings. The van der Waals surface area contributed by atoms with Gasteiger partial charge in [-0.3, -0.25) is 4.79 Å². The number of nitrogens with two attached hydrogens (primary N) is 1. The average molecular weight is 261 g/mol. The Bertz CT molecular complexity index is 716. The maximum atomic E-state index is 12.6. The van der Waals surface area contributed by atoms with Crippen molar-refractivity contribution in [1.29, 1.82) is 0 Å². The standard InChI is InChI=1S/C12H15N5O2/c1-6-2-12(3-7(6)4-19-12)17-10(18)8-9(15-5-14-8)16-11(17)13/h5-7H,2-4H2,1H3,(H2,13,16)(H,14,15). The maximum Gasteiger partial charge on any atom is 0.283 e. The number of nitrogen functional groups attached to an aromatic ring is 1. The summed E-state index contributed by atoms with van der Waals surface area (Å²) >= 11 is 0. The monoisotopic (exact) mass is 261 g/mol. The summed E-state index contributed by atoms with van der Waals surface area (Å²) in [5.41, 5.74) is 5.90. The van der Waals surface area contributed by atoms with Gasteiger partial charge in [-0.1, -0.05) is 6.92 Å². The highest BCUT2D eigenvalue weighted by atomic mass is 16.5. The summed E-state index contributed by atoms with van der Waals surface area (Å²) in [5, 5.41) is 0. The second-order valence-electron chi connectivity index (χ2n) is 5.61. The molecule has 3 N–H and O–H groups in total. The number of hydrogen-bond acceptors (Lipinski definition) is 5. The zero-order valence-electron chi connectivity index (χ0n) is 10.6. The Labute approximate surface area is 108 Å². The average Bonchev–Trinajstić information content (AvgIpc) is 3.02. The third-order valence-electron chi connectivity index (χ3n) is 4.49. The number of aromatic amines is 1. The van der Waals surface area contributed by atoms with Gasteiger partial charge in [-0.2, -0.15) is 4.98 Å². The number of H-pyrrole nitrogens is 1. The normalized spacial score (nSPS) is 33.3. The number of nitrogens with one attached hydrogen (secondary N) is 1. The molecular weight excluding hydrogens is 246 g/mol. The van der Waals surface area contributed by atoms with E-state index in [1.54, 1.807) is 0 Å². The molecule has 1 aliphatic heterocycles. The molecular formula is C12H15N5O2. The number of imidazole rings is 1. The fourth-order valence-electron chi connectivity index (χ4n) is 3.51. The molecule has 3 atom stereocenters. The van der Waals surface area contributed by atoms with Crippen LogP contribution < -0.4 is 11.3 Å². The van der Waals surface area contributed by atoms with Gasteiger partial charge in [0.15, 0.2) is 16.9 Å². The highest BCUT2D eigenvalue weighted by Gasteiger charge is 2.53. The van der Waals surface area contributed by atoms with Gasteiger partial charge in [0, 0.05) is 6.42 Å². The zero-order chi connectivity index (χ0) is 13.2. The van der Waals surface area contributed by atoms with Crippen molar-refractivity contribution < 1.29 is 4.74 Å². The molecule has 1 saturated heterocycles. The van der Waals surface area contributed by atoms with Crippen molar-refractivity contribution in [1.82, 2.24) is 19.5 Å². The lowest BCUT2D eigenvalue weighted by molar-refractivity contribution is -0.0898. The van der Waals surface area contributed by atoms with E-state index in [0.29, 0.717) is 29.6 Å². The molecule has 7 nitrogen and oxygen atoms in total. The van der Waals surface area contributed by atoms with Gasteiger partial charge in [-0.25, -0.2) is 9.55 Å². The molecule has 7 heteroatoms. The minimum absolute atomic E-state index is 0.180. The van der Waals surface area contributed by atoms with Crippen LogP contribution in [0, 0.1) is 11.8 Å². The Morgan fingerprint density at radius 3 is 3.11 bits per heavy atom. The molecule has 0 radical (unpaired) electrons. The van der Waals surface area contributed by atoms with E-state index < -0.39 is 5.72 Å². The molecule has 2 fully saturated rings. The summed E-state index contributed by atoms with van der Waals surface area (Å²) in [6.45, 7) is 2.88. The number of anilines is 1. The van der Waals surface area contributed by atoms with Crippen LogP contribution in [0.5, 0.6) is 0 Å². The van der Waals surface area contributed by atoms with Gasteiger partial charge in [-0.15, -0.1) is 0 Å². The van der Waals surface area contributed by atoms with E-state index in [1.807, 2.05) is 0 Å². The van der Waals surface area contributed by atoms with Crippen molar-refractivity contribution in [2.45, 2.75) is 25.5 Å². The first-order valence-electron chi connectivity index (χ1n) is 6.47. The quantitative estimate of drug-likeness (QED) is 0.775. The highest BCUT2D eigenvalue weighted by Crippen LogP contribution is 2.50. The van der Waals surface area contributed by atoms with E-state index in [9.17, 15) is 4.79 Å². The van der Waals surface area contributed by atoms with Crippen LogP contribution in [0.3, 0.4) is 0 Å². The zero-order valence-corrected chi connectivity index (χ0v) is 10.6. The van der Waals surface area contributed by atoms with Crippen molar-refractivity contribution in [3.05, 3.63) is 16.7 Å². The van der Waals surface area contributed by atoms with Crippen LogP contribution in [0.25, 0.3) is 11.2 Å². The second kappa shape index (κ2) is 3.36. The molecule has 1 aliphatic carbocycles. The Morgan fingerprint density at radius 2 is 2.42 bits per heavy atom. The molecule has 100 valence electrons. The third-order valence-corrected chi connectivity index (χ3v) is 4.49. The van der Waals surface area contributed by atoms with E-state index in [2.05, 4.69) is 21.9 Å². The van der Waals surface area contributed by atoms with E-state index in [0.717, 1.165) is 12.8 Å². The van der Waals surface area contributed by atoms with Crippen molar-refractivity contribution >= 4 is 17.1 Å². The lowest BCUT2D eigenvalue weighted by Gasteiger charge is -2.31. The van der Waals surface area contributed by atoms with E-state index in [-0.39, 0.29) is 11.5 Å². The van der Waals surface area contributed by atoms with Gasteiger partial charge in [0.1, 0.15) is 0 Å². The number of ether oxygens (including phenoxy) is 1. The van der Waals surface area contributed by atoms with Gasteiger partial charge >= 0.3 is 0 Å². The largest absolute Gasteiger partial charge is 0.369 e. The lowest BCUT2D eigenvalue weighted by atomic mass is 9.99. The van der Waals surface area contributed by atoms with Gasteiger partial charge in [0.05, 0.1) is 12.9 Å². The highest BCUT2D eigenvalue weighted by molar-refractivity contribution is 5.69. The molecule has 4 rings (SSSR count). The van der Waals surface area contributed by atoms with Crippen LogP contribution in [0.2, 0.25) is 0 Å². The van der Waals surface area contributed by atoms with Gasteiger partial charge in [0.2, 0.25) is 5.95 Å². The maximum absolute atomic E-state index is 12.6. The van der Waals surface area contributed by atoms with E-state index in [4.69, 9.17) is 10.5 Å². The number of fused-ring (bicyclic) bond motifs is 3. The summed E-state index contributed by atoms with van der Waals surface area (Å²) in [6.07, 6.45) is 3.10. The Kier molecular flexibility index (Phi) is 1.94. The van der Waals surface area contributed by atoms with Crippen LogP contribution in [0.4, 0.5) is 5.95 Å². The molecule has 2 aliphatic rings. The lowest BCUT2D eigenvalue weighted by Crippen LogP contribution is -2.42. The van der Waals surface area contributed by atoms with Crippen LogP contribution in [-0.4, -0.2) is 26.1 Å². The first-order valence-corrected chi connectivity index (χ1v) is 6.47. The van der Waals surface area contributed by atoms with Crippen LogP contribution in [-0.2, 0) is 10.5 Å². The molecule has 2 aromatic heterocycles. The van der Waals surface area contributed by atoms with Gasteiger partial charge < -0.3 is 15.5 Å². The van der Waals surface area contributed by atoms with Crippen molar-refractivity contribution in [2.24, 2.45) is 11.8 Å². The molecule has 3 unspecified atom stereocenters. The number of nitrogens with zero attached hydrogens (tertiary/aromatic N) is 3. The number of aromatic nitrogens is 4. The van der Waals surface area contributed by atoms with Crippen LogP contribution in [0.1, 0.15) is 19.8 Å². The Hall–Kier alpha value is -1.89. The molecule has 0 aromatic carbocycles. The fourth-order valence-corrected chi connectivity index (χ4v) is 3.51. The second-order valence-corrected chi connectivity index (χ2v) is 5.61. The molecule has 19 heavy (non-hydrogen) atoms. The minimum Gasteiger partial charge on any atom is -0.369 e. The first-order chi connectivity index (χ1) is 9.11. The summed E-state index contributed by atoms with van der Waals surface area (Å²) in [7, 11) is 0. The molecule has 2 bridgehead atoms. The summed E-state index contributed by atoms with van der Waals surface area (Å²) in [4.78, 5) is 23.6. The van der Waals surface area contributed by atoms with Crippen molar-refractivity contribution in [3.63, 3.8) is 0 Å². The fraction of sp³-hybridized carbons (Fsp3) is 0.583. The topological polar surface area (TPSA) is 98.8 Å². The van der Waals surface area contributed by atoms with Crippen LogP contribution in [0.15, 0.2) is 11.1 Å². The van der Waals surface area contributed by atoms with Crippen LogP contribution >= 0.6 is 0 Å². The smallest absolute Gasteiger partial charge is 0.283 e. The summed E-state index contributed by atoms with van der Waals surface area (Å²) in [5.74, 6) is 1.22. The summed E-state index contributed by atoms with van der Waals surface area (Å²) in [6, 6.07) is 0. The Morgan fingerprint density at radius 1 is 1.58 bits per heavy atom. The van der Waals surface area contributed by atoms with Crippen molar-refractivity contribution in [2.75, 3.05) is 12.3 Å². The van der Waals surface area contributed by atoms with Crippen molar-refractivity contribution in [3.8, 4) is 0 Å². The molecule has 0 amide bonds. The molecule has 1 saturated carbocycles. The predicted molar refractivity (Wildman–Crippen MR) is 68.4 cm³/mol. The Balaban J connectivity index is 1.99. The first kappa shape index (κ1) is 11.0. The SMILES string of the molecule is CC1CC2(n3c(N)nc4nc[nH]c4c3=O)CC1CO2. The van der Waals surface area contributed by atoms with E-state index in [1.165, 1.54) is 10.9 Å².